The molecule has 2 aliphatic rings. The number of aryl methyl sites for hydroxylation is 1. The fourth-order valence-corrected chi connectivity index (χ4v) is 2.95. The van der Waals surface area contributed by atoms with E-state index in [9.17, 15) is 4.79 Å². The molecule has 0 bridgehead atoms. The van der Waals surface area contributed by atoms with Crippen molar-refractivity contribution < 1.29 is 14.3 Å². The second-order valence-electron chi connectivity index (χ2n) is 5.89. The molecular formula is C17H20N4O3. The van der Waals surface area contributed by atoms with Crippen LogP contribution in [0.1, 0.15) is 16.9 Å². The Morgan fingerprint density at radius 2 is 1.88 bits per heavy atom. The highest BCUT2D eigenvalue weighted by atomic mass is 16.5. The molecule has 126 valence electrons. The second kappa shape index (κ2) is 6.52. The highest BCUT2D eigenvalue weighted by Gasteiger charge is 2.18. The third-order valence-corrected chi connectivity index (χ3v) is 4.24. The number of hydrogen-bond donors (Lipinski definition) is 1. The molecule has 1 aromatic carbocycles. The highest BCUT2D eigenvalue weighted by Crippen LogP contribution is 2.21. The maximum absolute atomic E-state index is 12.3. The molecule has 1 aromatic heterocycles. The summed E-state index contributed by atoms with van der Waals surface area (Å²) >= 11 is 0. The molecule has 1 fully saturated rings. The van der Waals surface area contributed by atoms with E-state index in [1.54, 1.807) is 10.7 Å². The Balaban J connectivity index is 1.42. The quantitative estimate of drug-likeness (QED) is 0.930. The van der Waals surface area contributed by atoms with E-state index in [2.05, 4.69) is 15.3 Å². The minimum Gasteiger partial charge on any atom is -0.478 e. The Morgan fingerprint density at radius 3 is 2.62 bits per heavy atom. The van der Waals surface area contributed by atoms with Gasteiger partial charge in [0.25, 0.3) is 5.91 Å². The molecule has 2 aliphatic heterocycles. The molecule has 0 radical (unpaired) electrons. The lowest BCUT2D eigenvalue weighted by Crippen LogP contribution is -2.36. The van der Waals surface area contributed by atoms with Crippen molar-refractivity contribution in [1.29, 1.82) is 0 Å². The summed E-state index contributed by atoms with van der Waals surface area (Å²) in [5.41, 5.74) is 2.27. The van der Waals surface area contributed by atoms with Crippen molar-refractivity contribution in [1.82, 2.24) is 9.78 Å². The third kappa shape index (κ3) is 3.07. The van der Waals surface area contributed by atoms with Crippen LogP contribution in [0.2, 0.25) is 0 Å². The third-order valence-electron chi connectivity index (χ3n) is 4.24. The van der Waals surface area contributed by atoms with Gasteiger partial charge in [0, 0.05) is 43.5 Å². The van der Waals surface area contributed by atoms with Gasteiger partial charge in [-0.2, -0.15) is 5.10 Å². The van der Waals surface area contributed by atoms with Crippen LogP contribution in [0, 0.1) is 0 Å². The summed E-state index contributed by atoms with van der Waals surface area (Å²) in [6, 6.07) is 9.55. The van der Waals surface area contributed by atoms with Crippen molar-refractivity contribution >= 4 is 17.3 Å². The Labute approximate surface area is 140 Å². The molecule has 24 heavy (non-hydrogen) atoms. The molecule has 7 nitrogen and oxygen atoms in total. The van der Waals surface area contributed by atoms with E-state index in [1.165, 1.54) is 0 Å². The van der Waals surface area contributed by atoms with Crippen LogP contribution in [0.25, 0.3) is 0 Å². The Bertz CT molecular complexity index is 696. The zero-order chi connectivity index (χ0) is 16.4. The summed E-state index contributed by atoms with van der Waals surface area (Å²) in [5, 5.41) is 7.18. The minimum absolute atomic E-state index is 0.223. The van der Waals surface area contributed by atoms with Gasteiger partial charge in [0.1, 0.15) is 0 Å². The first-order valence-corrected chi connectivity index (χ1v) is 8.24. The van der Waals surface area contributed by atoms with E-state index in [4.69, 9.17) is 9.47 Å². The topological polar surface area (TPSA) is 68.6 Å². The first-order valence-electron chi connectivity index (χ1n) is 8.24. The predicted octanol–water partition coefficient (Wildman–Crippen LogP) is 1.75. The maximum Gasteiger partial charge on any atom is 0.276 e. The maximum atomic E-state index is 12.3. The number of nitrogens with zero attached hydrogens (tertiary/aromatic N) is 3. The first-order chi connectivity index (χ1) is 11.8. The number of aromatic nitrogens is 2. The molecule has 3 heterocycles. The molecular weight excluding hydrogens is 308 g/mol. The van der Waals surface area contributed by atoms with Crippen molar-refractivity contribution in [2.45, 2.75) is 13.0 Å². The second-order valence-corrected chi connectivity index (χ2v) is 5.89. The van der Waals surface area contributed by atoms with Crippen molar-refractivity contribution in [2.75, 3.05) is 43.1 Å². The van der Waals surface area contributed by atoms with Crippen LogP contribution < -0.4 is 15.0 Å². The van der Waals surface area contributed by atoms with Gasteiger partial charge in [-0.25, -0.2) is 4.68 Å². The number of carbonyl (C=O) groups is 1. The SMILES string of the molecule is O=C(Nc1ccc(N2CCOCC2)cc1)c1cc2n(n1)CCCO2. The van der Waals surface area contributed by atoms with E-state index in [-0.39, 0.29) is 5.91 Å². The number of carbonyl (C=O) groups excluding carboxylic acids is 1. The van der Waals surface area contributed by atoms with Crippen molar-refractivity contribution in [3.05, 3.63) is 36.0 Å². The monoisotopic (exact) mass is 328 g/mol. The highest BCUT2D eigenvalue weighted by molar-refractivity contribution is 6.03. The number of nitrogens with one attached hydrogen (secondary N) is 1. The summed E-state index contributed by atoms with van der Waals surface area (Å²) in [6.07, 6.45) is 0.915. The van der Waals surface area contributed by atoms with Gasteiger partial charge < -0.3 is 19.7 Å². The lowest BCUT2D eigenvalue weighted by molar-refractivity contribution is 0.102. The number of hydrogen-bond acceptors (Lipinski definition) is 5. The van der Waals surface area contributed by atoms with Gasteiger partial charge in [0.2, 0.25) is 5.88 Å². The minimum atomic E-state index is -0.223. The van der Waals surface area contributed by atoms with Crippen molar-refractivity contribution in [3.8, 4) is 5.88 Å². The van der Waals surface area contributed by atoms with E-state index in [0.717, 1.165) is 50.6 Å². The largest absolute Gasteiger partial charge is 0.478 e. The molecule has 4 rings (SSSR count). The van der Waals surface area contributed by atoms with Crippen molar-refractivity contribution in [3.63, 3.8) is 0 Å². The lowest BCUT2D eigenvalue weighted by atomic mass is 10.2. The fraction of sp³-hybridized carbons (Fsp3) is 0.412. The zero-order valence-corrected chi connectivity index (χ0v) is 13.4. The van der Waals surface area contributed by atoms with Crippen LogP contribution in [-0.4, -0.2) is 48.6 Å². The lowest BCUT2D eigenvalue weighted by Gasteiger charge is -2.28. The Morgan fingerprint density at radius 1 is 1.08 bits per heavy atom. The van der Waals surface area contributed by atoms with Gasteiger partial charge in [0.05, 0.1) is 19.8 Å². The number of rotatable bonds is 3. The Hall–Kier alpha value is -2.54. The Kier molecular flexibility index (Phi) is 4.08. The summed E-state index contributed by atoms with van der Waals surface area (Å²) < 4.78 is 12.6. The van der Waals surface area contributed by atoms with Crippen LogP contribution in [0.15, 0.2) is 30.3 Å². The summed E-state index contributed by atoms with van der Waals surface area (Å²) in [4.78, 5) is 14.6. The molecule has 0 atom stereocenters. The molecule has 0 spiro atoms. The molecule has 1 amide bonds. The number of amides is 1. The normalized spacial score (nSPS) is 17.1. The van der Waals surface area contributed by atoms with Crippen molar-refractivity contribution in [2.24, 2.45) is 0 Å². The average molecular weight is 328 g/mol. The smallest absolute Gasteiger partial charge is 0.276 e. The van der Waals surface area contributed by atoms with Gasteiger partial charge >= 0.3 is 0 Å². The fourth-order valence-electron chi connectivity index (χ4n) is 2.95. The molecule has 2 aromatic rings. The van der Waals surface area contributed by atoms with E-state index in [1.807, 2.05) is 24.3 Å². The first kappa shape index (κ1) is 15.0. The van der Waals surface area contributed by atoms with Crippen LogP contribution in [0.5, 0.6) is 5.88 Å². The predicted molar refractivity (Wildman–Crippen MR) is 89.8 cm³/mol. The van der Waals surface area contributed by atoms with E-state index in [0.29, 0.717) is 18.2 Å². The van der Waals surface area contributed by atoms with Crippen LogP contribution in [0.3, 0.4) is 0 Å². The van der Waals surface area contributed by atoms with Gasteiger partial charge in [-0.05, 0) is 24.3 Å². The number of anilines is 2. The van der Waals surface area contributed by atoms with Crippen LogP contribution in [-0.2, 0) is 11.3 Å². The van der Waals surface area contributed by atoms with Crippen LogP contribution in [0.4, 0.5) is 11.4 Å². The number of fused-ring (bicyclic) bond motifs is 1. The number of benzene rings is 1. The summed E-state index contributed by atoms with van der Waals surface area (Å²) in [7, 11) is 0. The average Bonchev–Trinajstić information content (AvgIpc) is 3.07. The van der Waals surface area contributed by atoms with Gasteiger partial charge in [-0.15, -0.1) is 0 Å². The number of morpholine rings is 1. The standard InChI is InChI=1S/C17H20N4O3/c22-17(15-12-16-21(19-15)6-1-9-24-16)18-13-2-4-14(5-3-13)20-7-10-23-11-8-20/h2-5,12H,1,6-11H2,(H,18,22). The molecule has 1 N–H and O–H groups in total. The van der Waals surface area contributed by atoms with Gasteiger partial charge in [-0.1, -0.05) is 0 Å². The number of ether oxygens (including phenoxy) is 2. The zero-order valence-electron chi connectivity index (χ0n) is 13.4. The molecule has 7 heteroatoms. The summed E-state index contributed by atoms with van der Waals surface area (Å²) in [5.74, 6) is 0.439. The van der Waals surface area contributed by atoms with Gasteiger partial charge in [-0.3, -0.25) is 4.79 Å². The van der Waals surface area contributed by atoms with Gasteiger partial charge in [0.15, 0.2) is 5.69 Å². The summed E-state index contributed by atoms with van der Waals surface area (Å²) in [6.45, 7) is 4.77. The van der Waals surface area contributed by atoms with E-state index < -0.39 is 0 Å². The van der Waals surface area contributed by atoms with Crippen LogP contribution >= 0.6 is 0 Å². The molecule has 0 saturated carbocycles. The molecule has 1 saturated heterocycles. The van der Waals surface area contributed by atoms with E-state index >= 15 is 0 Å². The molecule has 0 aliphatic carbocycles. The molecule has 0 unspecified atom stereocenters.